The Balaban J connectivity index is 2.44. The molecule has 2 N–H and O–H groups in total. The first kappa shape index (κ1) is 9.64. The lowest BCUT2D eigenvalue weighted by molar-refractivity contribution is 0.585. The number of nitrogens with one attached hydrogen (secondary N) is 2. The zero-order chi connectivity index (χ0) is 10.8. The van der Waals surface area contributed by atoms with E-state index in [0.29, 0.717) is 17.1 Å². The third kappa shape index (κ3) is 1.81. The van der Waals surface area contributed by atoms with Crippen LogP contribution >= 0.6 is 0 Å². The van der Waals surface area contributed by atoms with Gasteiger partial charge in [0.05, 0.1) is 5.69 Å². The van der Waals surface area contributed by atoms with Crippen LogP contribution in [0.3, 0.4) is 0 Å². The van der Waals surface area contributed by atoms with Crippen molar-refractivity contribution >= 4 is 5.82 Å². The smallest absolute Gasteiger partial charge is 0.148 e. The Labute approximate surface area is 85.1 Å². The second-order valence-electron chi connectivity index (χ2n) is 3.04. The molecule has 0 aliphatic heterocycles. The Morgan fingerprint density at radius 1 is 1.27 bits per heavy atom. The van der Waals surface area contributed by atoms with Gasteiger partial charge in [-0.05, 0) is 12.1 Å². The zero-order valence-electron chi connectivity index (χ0n) is 8.01. The number of benzene rings is 1. The van der Waals surface area contributed by atoms with Crippen LogP contribution in [0, 0.1) is 11.6 Å². The van der Waals surface area contributed by atoms with Crippen molar-refractivity contribution in [2.24, 2.45) is 0 Å². The molecule has 1 heterocycles. The molecule has 0 aliphatic rings. The van der Waals surface area contributed by atoms with Gasteiger partial charge in [0.25, 0.3) is 0 Å². The van der Waals surface area contributed by atoms with E-state index < -0.39 is 11.6 Å². The summed E-state index contributed by atoms with van der Waals surface area (Å²) in [5.41, 5.74) is 0.808. The lowest BCUT2D eigenvalue weighted by atomic mass is 10.1. The molecule has 0 spiro atoms. The molecule has 0 atom stereocenters. The van der Waals surface area contributed by atoms with Crippen LogP contribution in [0.25, 0.3) is 11.3 Å². The van der Waals surface area contributed by atoms with Crippen LogP contribution < -0.4 is 5.32 Å². The fourth-order valence-electron chi connectivity index (χ4n) is 1.30. The highest BCUT2D eigenvalue weighted by atomic mass is 19.1. The first-order valence-corrected chi connectivity index (χ1v) is 4.39. The third-order valence-corrected chi connectivity index (χ3v) is 2.06. The number of hydrogen-bond donors (Lipinski definition) is 2. The van der Waals surface area contributed by atoms with Crippen molar-refractivity contribution in [3.05, 3.63) is 35.9 Å². The average molecular weight is 209 g/mol. The van der Waals surface area contributed by atoms with Gasteiger partial charge in [0, 0.05) is 24.7 Å². The lowest BCUT2D eigenvalue weighted by Gasteiger charge is -1.98. The van der Waals surface area contributed by atoms with Crippen LogP contribution in [0.2, 0.25) is 0 Å². The van der Waals surface area contributed by atoms with E-state index in [-0.39, 0.29) is 0 Å². The van der Waals surface area contributed by atoms with E-state index in [1.54, 1.807) is 13.1 Å². The molecular weight excluding hydrogens is 200 g/mol. The van der Waals surface area contributed by atoms with Crippen LogP contribution in [0.15, 0.2) is 24.3 Å². The summed E-state index contributed by atoms with van der Waals surface area (Å²) in [7, 11) is 1.71. The van der Waals surface area contributed by atoms with Crippen molar-refractivity contribution in [1.82, 2.24) is 10.2 Å². The summed E-state index contributed by atoms with van der Waals surface area (Å²) in [6.45, 7) is 0. The average Bonchev–Trinajstić information content (AvgIpc) is 2.66. The summed E-state index contributed by atoms with van der Waals surface area (Å²) in [5.74, 6) is -0.598. The van der Waals surface area contributed by atoms with Crippen molar-refractivity contribution in [2.45, 2.75) is 0 Å². The fourth-order valence-corrected chi connectivity index (χ4v) is 1.30. The summed E-state index contributed by atoms with van der Waals surface area (Å²) < 4.78 is 26.0. The molecule has 0 unspecified atom stereocenters. The summed E-state index contributed by atoms with van der Waals surface area (Å²) in [6.07, 6.45) is 0. The minimum atomic E-state index is -0.610. The maximum absolute atomic E-state index is 13.3. The van der Waals surface area contributed by atoms with Crippen molar-refractivity contribution in [1.29, 1.82) is 0 Å². The monoisotopic (exact) mass is 209 g/mol. The number of anilines is 1. The molecule has 0 radical (unpaired) electrons. The molecule has 0 saturated carbocycles. The highest BCUT2D eigenvalue weighted by molar-refractivity contribution is 5.63. The Bertz CT molecular complexity index is 479. The van der Waals surface area contributed by atoms with Gasteiger partial charge >= 0.3 is 0 Å². The number of hydrogen-bond acceptors (Lipinski definition) is 2. The summed E-state index contributed by atoms with van der Waals surface area (Å²) >= 11 is 0. The van der Waals surface area contributed by atoms with E-state index in [4.69, 9.17) is 0 Å². The van der Waals surface area contributed by atoms with E-state index in [2.05, 4.69) is 15.5 Å². The molecule has 1 aromatic carbocycles. The Morgan fingerprint density at radius 3 is 2.67 bits per heavy atom. The number of halogens is 2. The second kappa shape index (κ2) is 3.68. The van der Waals surface area contributed by atoms with Crippen molar-refractivity contribution in [3.63, 3.8) is 0 Å². The molecule has 3 nitrogen and oxygen atoms in total. The quantitative estimate of drug-likeness (QED) is 0.797. The zero-order valence-corrected chi connectivity index (χ0v) is 8.01. The van der Waals surface area contributed by atoms with Gasteiger partial charge in [0.15, 0.2) is 0 Å². The van der Waals surface area contributed by atoms with Gasteiger partial charge in [-0.2, -0.15) is 5.10 Å². The Morgan fingerprint density at radius 2 is 2.07 bits per heavy atom. The summed E-state index contributed by atoms with van der Waals surface area (Å²) in [4.78, 5) is 0. The molecule has 2 aromatic rings. The van der Waals surface area contributed by atoms with Crippen molar-refractivity contribution in [2.75, 3.05) is 12.4 Å². The molecule has 0 aliphatic carbocycles. The minimum absolute atomic E-state index is 0.297. The maximum Gasteiger partial charge on any atom is 0.148 e. The predicted molar refractivity (Wildman–Crippen MR) is 53.5 cm³/mol. The number of rotatable bonds is 2. The summed E-state index contributed by atoms with van der Waals surface area (Å²) in [6, 6.07) is 5.07. The van der Waals surface area contributed by atoms with Crippen LogP contribution in [-0.4, -0.2) is 17.2 Å². The van der Waals surface area contributed by atoms with E-state index in [9.17, 15) is 8.78 Å². The van der Waals surface area contributed by atoms with Crippen LogP contribution in [-0.2, 0) is 0 Å². The predicted octanol–water partition coefficient (Wildman–Crippen LogP) is 2.40. The summed E-state index contributed by atoms with van der Waals surface area (Å²) in [5, 5.41) is 9.35. The van der Waals surface area contributed by atoms with E-state index >= 15 is 0 Å². The van der Waals surface area contributed by atoms with Gasteiger partial charge in [0.1, 0.15) is 17.5 Å². The van der Waals surface area contributed by atoms with Gasteiger partial charge in [-0.25, -0.2) is 8.78 Å². The van der Waals surface area contributed by atoms with Crippen LogP contribution in [0.5, 0.6) is 0 Å². The topological polar surface area (TPSA) is 40.7 Å². The standard InChI is InChI=1S/C10H9F2N3/c1-13-10-5-9(14-15-10)7-3-2-6(11)4-8(7)12/h2-5H,1H3,(H2,13,14,15). The van der Waals surface area contributed by atoms with Gasteiger partial charge in [-0.15, -0.1) is 0 Å². The van der Waals surface area contributed by atoms with Crippen LogP contribution in [0.1, 0.15) is 0 Å². The first-order valence-electron chi connectivity index (χ1n) is 4.39. The van der Waals surface area contributed by atoms with E-state index in [0.717, 1.165) is 6.07 Å². The number of nitrogens with zero attached hydrogens (tertiary/aromatic N) is 1. The van der Waals surface area contributed by atoms with Crippen molar-refractivity contribution in [3.8, 4) is 11.3 Å². The molecular formula is C10H9F2N3. The fraction of sp³-hybridized carbons (Fsp3) is 0.100. The highest BCUT2D eigenvalue weighted by Gasteiger charge is 2.08. The van der Waals surface area contributed by atoms with Gasteiger partial charge in [-0.3, -0.25) is 5.10 Å². The number of H-pyrrole nitrogens is 1. The maximum atomic E-state index is 13.3. The molecule has 1 aromatic heterocycles. The Kier molecular flexibility index (Phi) is 2.37. The van der Waals surface area contributed by atoms with Gasteiger partial charge < -0.3 is 5.32 Å². The second-order valence-corrected chi connectivity index (χ2v) is 3.04. The third-order valence-electron chi connectivity index (χ3n) is 2.06. The highest BCUT2D eigenvalue weighted by Crippen LogP contribution is 2.23. The van der Waals surface area contributed by atoms with Crippen molar-refractivity contribution < 1.29 is 8.78 Å². The number of aromatic nitrogens is 2. The molecule has 0 saturated heterocycles. The largest absolute Gasteiger partial charge is 0.372 e. The van der Waals surface area contributed by atoms with E-state index in [1.165, 1.54) is 12.1 Å². The molecule has 0 bridgehead atoms. The molecule has 0 amide bonds. The van der Waals surface area contributed by atoms with Gasteiger partial charge in [0.2, 0.25) is 0 Å². The van der Waals surface area contributed by atoms with E-state index in [1.807, 2.05) is 0 Å². The lowest BCUT2D eigenvalue weighted by Crippen LogP contribution is -1.86. The van der Waals surface area contributed by atoms with Gasteiger partial charge in [-0.1, -0.05) is 0 Å². The minimum Gasteiger partial charge on any atom is -0.372 e. The van der Waals surface area contributed by atoms with Crippen LogP contribution in [0.4, 0.5) is 14.6 Å². The molecule has 5 heteroatoms. The molecule has 15 heavy (non-hydrogen) atoms. The SMILES string of the molecule is CNc1cc(-c2ccc(F)cc2F)[nH]n1. The number of aromatic amines is 1. The normalized spacial score (nSPS) is 10.3. The first-order chi connectivity index (χ1) is 7.20. The molecule has 2 rings (SSSR count). The molecule has 0 fully saturated rings. The Hall–Kier alpha value is -1.91. The molecule has 78 valence electrons.